The van der Waals surface area contributed by atoms with Crippen LogP contribution in [0.4, 0.5) is 0 Å². The average Bonchev–Trinajstić information content (AvgIpc) is 3.24. The number of ether oxygens (including phenoxy) is 4. The van der Waals surface area contributed by atoms with Crippen molar-refractivity contribution in [3.63, 3.8) is 0 Å². The topological polar surface area (TPSA) is 66.0 Å². The summed E-state index contributed by atoms with van der Waals surface area (Å²) < 4.78 is 21.9. The summed E-state index contributed by atoms with van der Waals surface area (Å²) in [5.41, 5.74) is 2.48. The van der Waals surface area contributed by atoms with Gasteiger partial charge in [-0.3, -0.25) is 4.79 Å². The van der Waals surface area contributed by atoms with Gasteiger partial charge in [-0.1, -0.05) is 36.4 Å². The molecule has 0 bridgehead atoms. The Morgan fingerprint density at radius 2 is 1.76 bits per heavy atom. The van der Waals surface area contributed by atoms with E-state index < -0.39 is 0 Å². The van der Waals surface area contributed by atoms with Gasteiger partial charge in [-0.05, 0) is 41.5 Å². The molecule has 0 aliphatic carbocycles. The molecule has 0 unspecified atom stereocenters. The van der Waals surface area contributed by atoms with E-state index in [1.54, 1.807) is 25.3 Å². The van der Waals surface area contributed by atoms with Crippen molar-refractivity contribution < 1.29 is 23.7 Å². The molecule has 0 saturated carbocycles. The normalized spacial score (nSPS) is 11.8. The van der Waals surface area contributed by atoms with Gasteiger partial charge in [0.25, 0.3) is 5.91 Å². The van der Waals surface area contributed by atoms with Crippen LogP contribution in [0.2, 0.25) is 0 Å². The average molecular weight is 391 g/mol. The molecular formula is C23H21NO5. The second-order valence-corrected chi connectivity index (χ2v) is 6.51. The number of benzene rings is 3. The molecule has 0 aromatic heterocycles. The minimum absolute atomic E-state index is 0.199. The molecule has 3 aromatic carbocycles. The lowest BCUT2D eigenvalue weighted by Gasteiger charge is -2.12. The van der Waals surface area contributed by atoms with Gasteiger partial charge in [-0.15, -0.1) is 0 Å². The number of carbonyl (C=O) groups is 1. The van der Waals surface area contributed by atoms with E-state index in [1.807, 2.05) is 48.5 Å². The number of hydrogen-bond acceptors (Lipinski definition) is 5. The second kappa shape index (κ2) is 8.56. The van der Waals surface area contributed by atoms with Crippen LogP contribution in [0.5, 0.6) is 23.0 Å². The molecule has 0 atom stereocenters. The Morgan fingerprint density at radius 3 is 2.59 bits per heavy atom. The number of carbonyl (C=O) groups excluding carboxylic acids is 1. The number of nitrogens with one attached hydrogen (secondary N) is 1. The zero-order chi connectivity index (χ0) is 20.1. The number of amides is 1. The number of fused-ring (bicyclic) bond motifs is 1. The standard InChI is InChI=1S/C23H21NO5/c1-26-21-12-18(8-10-19(21)27-14-16-5-3-2-4-6-16)23(25)24-13-17-7-9-20-22(11-17)29-15-28-20/h2-12H,13-15H2,1H3,(H,24,25). The van der Waals surface area contributed by atoms with Crippen LogP contribution >= 0.6 is 0 Å². The van der Waals surface area contributed by atoms with E-state index >= 15 is 0 Å². The first-order valence-corrected chi connectivity index (χ1v) is 9.24. The third-order valence-corrected chi connectivity index (χ3v) is 4.55. The van der Waals surface area contributed by atoms with E-state index in [2.05, 4.69) is 5.32 Å². The van der Waals surface area contributed by atoms with Gasteiger partial charge in [0.1, 0.15) is 6.61 Å². The van der Waals surface area contributed by atoms with Crippen molar-refractivity contribution in [2.75, 3.05) is 13.9 Å². The van der Waals surface area contributed by atoms with E-state index in [4.69, 9.17) is 18.9 Å². The van der Waals surface area contributed by atoms with Gasteiger partial charge >= 0.3 is 0 Å². The third-order valence-electron chi connectivity index (χ3n) is 4.55. The van der Waals surface area contributed by atoms with E-state index in [0.717, 1.165) is 16.9 Å². The highest BCUT2D eigenvalue weighted by Crippen LogP contribution is 2.32. The Hall–Kier alpha value is -3.67. The molecule has 0 saturated heterocycles. The summed E-state index contributed by atoms with van der Waals surface area (Å²) in [6.45, 7) is 1.03. The minimum atomic E-state index is -0.199. The molecule has 6 nitrogen and oxygen atoms in total. The van der Waals surface area contributed by atoms with E-state index in [0.29, 0.717) is 36.0 Å². The molecule has 148 valence electrons. The van der Waals surface area contributed by atoms with Crippen LogP contribution in [0.15, 0.2) is 66.7 Å². The fourth-order valence-corrected chi connectivity index (χ4v) is 3.00. The summed E-state index contributed by atoms with van der Waals surface area (Å²) in [5.74, 6) is 2.31. The lowest BCUT2D eigenvalue weighted by molar-refractivity contribution is 0.0950. The Bertz CT molecular complexity index is 1000. The Morgan fingerprint density at radius 1 is 0.931 bits per heavy atom. The molecule has 1 heterocycles. The smallest absolute Gasteiger partial charge is 0.251 e. The van der Waals surface area contributed by atoms with E-state index in [1.165, 1.54) is 0 Å². The second-order valence-electron chi connectivity index (χ2n) is 6.51. The maximum atomic E-state index is 12.5. The van der Waals surface area contributed by atoms with Crippen molar-refractivity contribution >= 4 is 5.91 Å². The molecule has 4 rings (SSSR count). The highest BCUT2D eigenvalue weighted by Gasteiger charge is 2.15. The summed E-state index contributed by atoms with van der Waals surface area (Å²) in [5, 5.41) is 2.90. The first-order chi connectivity index (χ1) is 14.2. The van der Waals surface area contributed by atoms with Crippen molar-refractivity contribution in [1.82, 2.24) is 5.32 Å². The molecule has 0 fully saturated rings. The fraction of sp³-hybridized carbons (Fsp3) is 0.174. The number of hydrogen-bond donors (Lipinski definition) is 1. The van der Waals surface area contributed by atoms with Crippen molar-refractivity contribution in [3.8, 4) is 23.0 Å². The predicted molar refractivity (Wildman–Crippen MR) is 108 cm³/mol. The van der Waals surface area contributed by atoms with Crippen LogP contribution in [-0.4, -0.2) is 19.8 Å². The molecule has 1 amide bonds. The van der Waals surface area contributed by atoms with E-state index in [-0.39, 0.29) is 12.7 Å². The predicted octanol–water partition coefficient (Wildman–Crippen LogP) is 3.93. The zero-order valence-corrected chi connectivity index (χ0v) is 16.0. The maximum Gasteiger partial charge on any atom is 0.251 e. The van der Waals surface area contributed by atoms with Crippen molar-refractivity contribution in [1.29, 1.82) is 0 Å². The minimum Gasteiger partial charge on any atom is -0.493 e. The SMILES string of the molecule is COc1cc(C(=O)NCc2ccc3c(c2)OCO3)ccc1OCc1ccccc1. The number of rotatable bonds is 7. The molecule has 3 aromatic rings. The van der Waals surface area contributed by atoms with Crippen molar-refractivity contribution in [3.05, 3.63) is 83.4 Å². The highest BCUT2D eigenvalue weighted by atomic mass is 16.7. The molecule has 1 N–H and O–H groups in total. The summed E-state index contributed by atoms with van der Waals surface area (Å²) in [6, 6.07) is 20.6. The molecule has 0 spiro atoms. The van der Waals surface area contributed by atoms with Gasteiger partial charge in [-0.25, -0.2) is 0 Å². The summed E-state index contributed by atoms with van der Waals surface area (Å²) in [6.07, 6.45) is 0. The summed E-state index contributed by atoms with van der Waals surface area (Å²) in [4.78, 5) is 12.5. The van der Waals surface area contributed by atoms with Gasteiger partial charge in [-0.2, -0.15) is 0 Å². The van der Waals surface area contributed by atoms with Gasteiger partial charge < -0.3 is 24.3 Å². The maximum absolute atomic E-state index is 12.5. The first kappa shape index (κ1) is 18.7. The molecule has 0 radical (unpaired) electrons. The van der Waals surface area contributed by atoms with Crippen LogP contribution in [-0.2, 0) is 13.2 Å². The third kappa shape index (κ3) is 4.43. The molecule has 1 aliphatic heterocycles. The molecule has 6 heteroatoms. The summed E-state index contributed by atoms with van der Waals surface area (Å²) >= 11 is 0. The largest absolute Gasteiger partial charge is 0.493 e. The van der Waals surface area contributed by atoms with Crippen LogP contribution in [0, 0.1) is 0 Å². The molecule has 29 heavy (non-hydrogen) atoms. The lowest BCUT2D eigenvalue weighted by Crippen LogP contribution is -2.22. The first-order valence-electron chi connectivity index (χ1n) is 9.24. The zero-order valence-electron chi connectivity index (χ0n) is 16.0. The van der Waals surface area contributed by atoms with Crippen LogP contribution < -0.4 is 24.3 Å². The Kier molecular flexibility index (Phi) is 5.52. The quantitative estimate of drug-likeness (QED) is 0.661. The van der Waals surface area contributed by atoms with Gasteiger partial charge in [0.05, 0.1) is 7.11 Å². The van der Waals surface area contributed by atoms with Gasteiger partial charge in [0, 0.05) is 12.1 Å². The highest BCUT2D eigenvalue weighted by molar-refractivity contribution is 5.94. The Labute approximate surface area is 169 Å². The van der Waals surface area contributed by atoms with Crippen molar-refractivity contribution in [2.24, 2.45) is 0 Å². The van der Waals surface area contributed by atoms with Crippen LogP contribution in [0.3, 0.4) is 0 Å². The van der Waals surface area contributed by atoms with Gasteiger partial charge in [0.2, 0.25) is 6.79 Å². The van der Waals surface area contributed by atoms with Crippen LogP contribution in [0.1, 0.15) is 21.5 Å². The fourth-order valence-electron chi connectivity index (χ4n) is 3.00. The summed E-state index contributed by atoms with van der Waals surface area (Å²) in [7, 11) is 1.55. The number of methoxy groups -OCH3 is 1. The lowest BCUT2D eigenvalue weighted by atomic mass is 10.1. The van der Waals surface area contributed by atoms with Crippen LogP contribution in [0.25, 0.3) is 0 Å². The van der Waals surface area contributed by atoms with Gasteiger partial charge in [0.15, 0.2) is 23.0 Å². The van der Waals surface area contributed by atoms with Crippen molar-refractivity contribution in [2.45, 2.75) is 13.2 Å². The van der Waals surface area contributed by atoms with E-state index in [9.17, 15) is 4.79 Å². The molecular weight excluding hydrogens is 370 g/mol. The monoisotopic (exact) mass is 391 g/mol. The Balaban J connectivity index is 1.39. The molecule has 1 aliphatic rings.